The first-order valence-electron chi connectivity index (χ1n) is 7.75. The molecule has 0 bridgehead atoms. The molecule has 0 saturated heterocycles. The van der Waals surface area contributed by atoms with Crippen LogP contribution in [0.4, 0.5) is 0 Å². The predicted octanol–water partition coefficient (Wildman–Crippen LogP) is 4.05. The van der Waals surface area contributed by atoms with Crippen molar-refractivity contribution in [3.8, 4) is 11.5 Å². The van der Waals surface area contributed by atoms with Crippen LogP contribution in [0.3, 0.4) is 0 Å². The Morgan fingerprint density at radius 2 is 1.83 bits per heavy atom. The van der Waals surface area contributed by atoms with Crippen LogP contribution in [0.5, 0.6) is 11.5 Å². The molecule has 0 aliphatic rings. The second kappa shape index (κ2) is 8.06. The molecule has 2 aromatic rings. The summed E-state index contributed by atoms with van der Waals surface area (Å²) in [6.07, 6.45) is -0.611. The van der Waals surface area contributed by atoms with E-state index in [4.69, 9.17) is 21.1 Å². The lowest BCUT2D eigenvalue weighted by Gasteiger charge is -2.17. The van der Waals surface area contributed by atoms with Crippen molar-refractivity contribution in [1.29, 1.82) is 0 Å². The van der Waals surface area contributed by atoms with Gasteiger partial charge in [-0.3, -0.25) is 4.79 Å². The van der Waals surface area contributed by atoms with Crippen molar-refractivity contribution in [3.05, 3.63) is 58.1 Å². The van der Waals surface area contributed by atoms with Crippen molar-refractivity contribution in [1.82, 2.24) is 5.32 Å². The highest BCUT2D eigenvalue weighted by atomic mass is 35.5. The molecule has 24 heavy (non-hydrogen) atoms. The van der Waals surface area contributed by atoms with E-state index in [1.165, 1.54) is 0 Å². The van der Waals surface area contributed by atoms with Crippen LogP contribution in [-0.2, 0) is 11.3 Å². The molecule has 0 aliphatic carbocycles. The Hall–Kier alpha value is -2.20. The zero-order valence-electron chi connectivity index (χ0n) is 14.4. The zero-order valence-corrected chi connectivity index (χ0v) is 15.1. The van der Waals surface area contributed by atoms with Crippen LogP contribution in [0.2, 0.25) is 5.02 Å². The first kappa shape index (κ1) is 18.1. The Kier molecular flexibility index (Phi) is 6.10. The van der Waals surface area contributed by atoms with E-state index in [1.807, 2.05) is 50.2 Å². The van der Waals surface area contributed by atoms with E-state index in [9.17, 15) is 4.79 Å². The van der Waals surface area contributed by atoms with Crippen molar-refractivity contribution in [3.63, 3.8) is 0 Å². The van der Waals surface area contributed by atoms with Crippen LogP contribution < -0.4 is 14.8 Å². The molecule has 2 rings (SSSR count). The van der Waals surface area contributed by atoms with Crippen molar-refractivity contribution >= 4 is 17.5 Å². The van der Waals surface area contributed by atoms with Gasteiger partial charge in [-0.15, -0.1) is 0 Å². The number of halogens is 1. The Balaban J connectivity index is 1.97. The number of carbonyl (C=O) groups is 1. The first-order valence-corrected chi connectivity index (χ1v) is 8.13. The molecule has 2 aromatic carbocycles. The lowest BCUT2D eigenvalue weighted by atomic mass is 10.1. The fourth-order valence-corrected chi connectivity index (χ4v) is 2.52. The van der Waals surface area contributed by atoms with E-state index >= 15 is 0 Å². The SMILES string of the molecule is COc1ccccc1CNC(=O)[C@@H](C)Oc1cc(C)c(Cl)c(C)c1. The average molecular weight is 348 g/mol. The van der Waals surface area contributed by atoms with Crippen LogP contribution in [-0.4, -0.2) is 19.1 Å². The highest BCUT2D eigenvalue weighted by Crippen LogP contribution is 2.26. The van der Waals surface area contributed by atoms with E-state index in [-0.39, 0.29) is 5.91 Å². The maximum absolute atomic E-state index is 12.3. The van der Waals surface area contributed by atoms with Gasteiger partial charge in [-0.25, -0.2) is 0 Å². The number of amides is 1. The molecule has 0 unspecified atom stereocenters. The molecule has 0 heterocycles. The fraction of sp³-hybridized carbons (Fsp3) is 0.316. The topological polar surface area (TPSA) is 47.6 Å². The van der Waals surface area contributed by atoms with E-state index in [0.29, 0.717) is 12.3 Å². The first-order chi connectivity index (χ1) is 11.4. The normalized spacial score (nSPS) is 11.7. The quantitative estimate of drug-likeness (QED) is 0.857. The summed E-state index contributed by atoms with van der Waals surface area (Å²) in [4.78, 5) is 12.3. The number of carbonyl (C=O) groups excluding carboxylic acids is 1. The van der Waals surface area contributed by atoms with Gasteiger partial charge in [0.2, 0.25) is 0 Å². The number of benzene rings is 2. The number of hydrogen-bond acceptors (Lipinski definition) is 3. The molecule has 0 saturated carbocycles. The molecule has 0 aromatic heterocycles. The predicted molar refractivity (Wildman–Crippen MR) is 95.9 cm³/mol. The van der Waals surface area contributed by atoms with Gasteiger partial charge < -0.3 is 14.8 Å². The summed E-state index contributed by atoms with van der Waals surface area (Å²) in [6.45, 7) is 5.93. The lowest BCUT2D eigenvalue weighted by Crippen LogP contribution is -2.36. The van der Waals surface area contributed by atoms with Crippen LogP contribution in [0, 0.1) is 13.8 Å². The molecular weight excluding hydrogens is 326 g/mol. The van der Waals surface area contributed by atoms with Gasteiger partial charge in [0, 0.05) is 17.1 Å². The maximum atomic E-state index is 12.3. The third kappa shape index (κ3) is 4.42. The third-order valence-corrected chi connectivity index (χ3v) is 4.33. The summed E-state index contributed by atoms with van der Waals surface area (Å²) in [7, 11) is 1.61. The molecule has 1 atom stereocenters. The van der Waals surface area contributed by atoms with Crippen LogP contribution in [0.15, 0.2) is 36.4 Å². The van der Waals surface area contributed by atoms with Gasteiger partial charge in [0.15, 0.2) is 6.10 Å². The van der Waals surface area contributed by atoms with Gasteiger partial charge in [0.1, 0.15) is 11.5 Å². The second-order valence-electron chi connectivity index (χ2n) is 5.66. The number of nitrogens with one attached hydrogen (secondary N) is 1. The van der Waals surface area contributed by atoms with Crippen molar-refractivity contribution in [2.75, 3.05) is 7.11 Å². The fourth-order valence-electron chi connectivity index (χ4n) is 2.41. The summed E-state index contributed by atoms with van der Waals surface area (Å²) in [5.41, 5.74) is 2.76. The number of rotatable bonds is 6. The van der Waals surface area contributed by atoms with Crippen molar-refractivity contribution in [2.45, 2.75) is 33.4 Å². The molecule has 0 aliphatic heterocycles. The molecule has 128 valence electrons. The summed E-state index contributed by atoms with van der Waals surface area (Å²) < 4.78 is 11.0. The highest BCUT2D eigenvalue weighted by molar-refractivity contribution is 6.32. The van der Waals surface area contributed by atoms with Gasteiger partial charge in [-0.2, -0.15) is 0 Å². The minimum absolute atomic E-state index is 0.189. The van der Waals surface area contributed by atoms with Crippen molar-refractivity contribution in [2.24, 2.45) is 0 Å². The Morgan fingerprint density at radius 3 is 2.46 bits per heavy atom. The molecular formula is C19H22ClNO3. The second-order valence-corrected chi connectivity index (χ2v) is 6.04. The Bertz CT molecular complexity index is 707. The highest BCUT2D eigenvalue weighted by Gasteiger charge is 2.16. The molecule has 4 nitrogen and oxygen atoms in total. The van der Waals surface area contributed by atoms with Crippen LogP contribution in [0.1, 0.15) is 23.6 Å². The molecule has 1 N–H and O–H groups in total. The summed E-state index contributed by atoms with van der Waals surface area (Å²) in [5.74, 6) is 1.19. The minimum atomic E-state index is -0.611. The van der Waals surface area contributed by atoms with Crippen LogP contribution >= 0.6 is 11.6 Å². The monoisotopic (exact) mass is 347 g/mol. The number of para-hydroxylation sites is 1. The van der Waals surface area contributed by atoms with Crippen LogP contribution in [0.25, 0.3) is 0 Å². The number of ether oxygens (including phenoxy) is 2. The zero-order chi connectivity index (χ0) is 17.7. The van der Waals surface area contributed by atoms with Crippen molar-refractivity contribution < 1.29 is 14.3 Å². The smallest absolute Gasteiger partial charge is 0.261 e. The minimum Gasteiger partial charge on any atom is -0.496 e. The molecule has 0 fully saturated rings. The number of aryl methyl sites for hydroxylation is 2. The van der Waals surface area contributed by atoms with Gasteiger partial charge in [0.25, 0.3) is 5.91 Å². The van der Waals surface area contributed by atoms with Gasteiger partial charge in [-0.1, -0.05) is 29.8 Å². The summed E-state index contributed by atoms with van der Waals surface area (Å²) >= 11 is 6.15. The van der Waals surface area contributed by atoms with E-state index in [2.05, 4.69) is 5.32 Å². The lowest BCUT2D eigenvalue weighted by molar-refractivity contribution is -0.127. The Labute approximate surface area is 147 Å². The van der Waals surface area contributed by atoms with Gasteiger partial charge >= 0.3 is 0 Å². The molecule has 0 spiro atoms. The maximum Gasteiger partial charge on any atom is 0.261 e. The number of methoxy groups -OCH3 is 1. The van der Waals surface area contributed by atoms with Gasteiger partial charge in [0.05, 0.1) is 7.11 Å². The van der Waals surface area contributed by atoms with E-state index in [0.717, 1.165) is 27.5 Å². The van der Waals surface area contributed by atoms with E-state index < -0.39 is 6.10 Å². The third-order valence-electron chi connectivity index (χ3n) is 3.74. The number of hydrogen-bond donors (Lipinski definition) is 1. The summed E-state index contributed by atoms with van der Waals surface area (Å²) in [5, 5.41) is 3.58. The van der Waals surface area contributed by atoms with Gasteiger partial charge in [-0.05, 0) is 50.1 Å². The van der Waals surface area contributed by atoms with E-state index in [1.54, 1.807) is 14.0 Å². The Morgan fingerprint density at radius 1 is 1.21 bits per heavy atom. The average Bonchev–Trinajstić information content (AvgIpc) is 2.57. The molecule has 5 heteroatoms. The largest absolute Gasteiger partial charge is 0.496 e. The standard InChI is InChI=1S/C19H22ClNO3/c1-12-9-16(10-13(2)18(12)20)24-14(3)19(22)21-11-15-7-5-6-8-17(15)23-4/h5-10,14H,11H2,1-4H3,(H,21,22)/t14-/m1/s1. The summed E-state index contributed by atoms with van der Waals surface area (Å²) in [6, 6.07) is 11.2. The molecule has 0 radical (unpaired) electrons. The molecule has 1 amide bonds.